The summed E-state index contributed by atoms with van der Waals surface area (Å²) in [6.45, 7) is 18.8. The lowest BCUT2D eigenvalue weighted by atomic mass is 10.1. The van der Waals surface area contributed by atoms with Crippen LogP contribution in [0.25, 0.3) is 0 Å². The highest BCUT2D eigenvalue weighted by molar-refractivity contribution is 4.57. The number of hydrogen-bond acceptors (Lipinski definition) is 1. The van der Waals surface area contributed by atoms with Crippen molar-refractivity contribution in [2.24, 2.45) is 0 Å². The predicted molar refractivity (Wildman–Crippen MR) is 97.7 cm³/mol. The highest BCUT2D eigenvalue weighted by Gasteiger charge is 2.02. The van der Waals surface area contributed by atoms with E-state index in [2.05, 4.69) is 25.7 Å². The largest absolute Gasteiger partial charge is 0.303 e. The Morgan fingerprint density at radius 3 is 1.40 bits per heavy atom. The normalized spacial score (nSPS) is 9.60. The highest BCUT2D eigenvalue weighted by atomic mass is 15.1. The molecule has 0 aromatic carbocycles. The summed E-state index contributed by atoms with van der Waals surface area (Å²) in [5, 5.41) is 0. The van der Waals surface area contributed by atoms with Gasteiger partial charge in [0.25, 0.3) is 0 Å². The van der Waals surface area contributed by atoms with Gasteiger partial charge in [0, 0.05) is 0 Å². The van der Waals surface area contributed by atoms with E-state index in [0.29, 0.717) is 0 Å². The molecular weight excluding hydrogens is 242 g/mol. The van der Waals surface area contributed by atoms with Crippen LogP contribution in [-0.4, -0.2) is 24.5 Å². The first-order valence-electron chi connectivity index (χ1n) is 9.57. The molecule has 126 valence electrons. The van der Waals surface area contributed by atoms with Crippen LogP contribution in [0.3, 0.4) is 0 Å². The smallest absolute Gasteiger partial charge is 0.00187 e. The third kappa shape index (κ3) is 23.1. The number of unbranched alkanes of at least 4 members (excludes halogenated alkanes) is 6. The molecule has 0 aliphatic heterocycles. The molecule has 0 atom stereocenters. The maximum atomic E-state index is 2.66. The fourth-order valence-electron chi connectivity index (χ4n) is 2.15. The second-order valence-electron chi connectivity index (χ2n) is 4.96. The van der Waals surface area contributed by atoms with E-state index < -0.39 is 0 Å². The van der Waals surface area contributed by atoms with Crippen LogP contribution in [0.15, 0.2) is 0 Å². The molecule has 0 aliphatic carbocycles. The van der Waals surface area contributed by atoms with Crippen molar-refractivity contribution in [3.63, 3.8) is 0 Å². The quantitative estimate of drug-likeness (QED) is 0.352. The average Bonchev–Trinajstić information content (AvgIpc) is 2.52. The van der Waals surface area contributed by atoms with Crippen LogP contribution in [0.4, 0.5) is 0 Å². The molecule has 0 spiro atoms. The van der Waals surface area contributed by atoms with Crippen LogP contribution >= 0.6 is 0 Å². The van der Waals surface area contributed by atoms with E-state index in [1.165, 1.54) is 77.4 Å². The Labute approximate surface area is 131 Å². The third-order valence-electron chi connectivity index (χ3n) is 3.20. The molecule has 0 fully saturated rings. The molecule has 0 N–H and O–H groups in total. The predicted octanol–water partition coefficient (Wildman–Crippen LogP) is 6.91. The van der Waals surface area contributed by atoms with Gasteiger partial charge in [0.1, 0.15) is 0 Å². The van der Waals surface area contributed by atoms with E-state index in [1.807, 2.05) is 27.7 Å². The molecule has 0 saturated heterocycles. The van der Waals surface area contributed by atoms with Crippen LogP contribution in [0, 0.1) is 0 Å². The number of hydrogen-bond donors (Lipinski definition) is 0. The summed E-state index contributed by atoms with van der Waals surface area (Å²) in [7, 11) is 0. The number of nitrogens with zero attached hydrogens (tertiary/aromatic N) is 1. The summed E-state index contributed by atoms with van der Waals surface area (Å²) < 4.78 is 0. The van der Waals surface area contributed by atoms with Crippen molar-refractivity contribution >= 4 is 0 Å². The molecular formula is C19H45N. The van der Waals surface area contributed by atoms with Gasteiger partial charge in [-0.2, -0.15) is 0 Å². The van der Waals surface area contributed by atoms with E-state index in [-0.39, 0.29) is 0 Å². The summed E-state index contributed by atoms with van der Waals surface area (Å²) >= 11 is 0. The Hall–Kier alpha value is -0.0400. The minimum atomic E-state index is 1.30. The van der Waals surface area contributed by atoms with Crippen molar-refractivity contribution in [2.75, 3.05) is 19.6 Å². The van der Waals surface area contributed by atoms with Gasteiger partial charge in [-0.15, -0.1) is 0 Å². The molecule has 0 unspecified atom stereocenters. The standard InChI is InChI=1S/C15H33N.2C2H6/c1-4-7-9-10-11-12-15-16(13-6-3)14-8-5-2;2*1-2/h4-15H2,1-3H3;2*1-2H3. The zero-order valence-corrected chi connectivity index (χ0v) is 15.9. The first kappa shape index (κ1) is 24.9. The van der Waals surface area contributed by atoms with Gasteiger partial charge in [-0.25, -0.2) is 0 Å². The molecule has 0 rings (SSSR count). The van der Waals surface area contributed by atoms with Gasteiger partial charge in [-0.05, 0) is 38.9 Å². The molecule has 1 nitrogen and oxygen atoms in total. The summed E-state index contributed by atoms with van der Waals surface area (Å²) in [6, 6.07) is 0. The van der Waals surface area contributed by atoms with Gasteiger partial charge in [-0.3, -0.25) is 0 Å². The molecule has 0 bridgehead atoms. The number of rotatable bonds is 12. The van der Waals surface area contributed by atoms with Crippen molar-refractivity contribution in [1.82, 2.24) is 4.90 Å². The van der Waals surface area contributed by atoms with E-state index in [0.717, 1.165) is 0 Å². The molecule has 0 aliphatic rings. The van der Waals surface area contributed by atoms with Crippen LogP contribution in [0.2, 0.25) is 0 Å². The second-order valence-corrected chi connectivity index (χ2v) is 4.96. The average molecular weight is 288 g/mol. The second kappa shape index (κ2) is 27.3. The summed E-state index contributed by atoms with van der Waals surface area (Å²) in [4.78, 5) is 2.66. The maximum absolute atomic E-state index is 2.66. The molecule has 1 heteroatoms. The van der Waals surface area contributed by atoms with Crippen molar-refractivity contribution in [1.29, 1.82) is 0 Å². The zero-order valence-electron chi connectivity index (χ0n) is 15.9. The minimum absolute atomic E-state index is 1.30. The van der Waals surface area contributed by atoms with Crippen molar-refractivity contribution in [3.05, 3.63) is 0 Å². The van der Waals surface area contributed by atoms with Crippen LogP contribution in [0.1, 0.15) is 106 Å². The van der Waals surface area contributed by atoms with Crippen LogP contribution in [-0.2, 0) is 0 Å². The van der Waals surface area contributed by atoms with E-state index in [4.69, 9.17) is 0 Å². The van der Waals surface area contributed by atoms with Gasteiger partial charge in [-0.1, -0.05) is 87.0 Å². The van der Waals surface area contributed by atoms with Gasteiger partial charge in [0.2, 0.25) is 0 Å². The molecule has 0 saturated carbocycles. The van der Waals surface area contributed by atoms with E-state index in [1.54, 1.807) is 0 Å². The molecule has 0 heterocycles. The fourth-order valence-corrected chi connectivity index (χ4v) is 2.15. The lowest BCUT2D eigenvalue weighted by molar-refractivity contribution is 0.263. The summed E-state index contributed by atoms with van der Waals surface area (Å²) in [5.74, 6) is 0. The molecule has 0 aromatic rings. The minimum Gasteiger partial charge on any atom is -0.303 e. The first-order chi connectivity index (χ1) is 9.85. The van der Waals surface area contributed by atoms with E-state index >= 15 is 0 Å². The van der Waals surface area contributed by atoms with E-state index in [9.17, 15) is 0 Å². The fraction of sp³-hybridized carbons (Fsp3) is 1.00. The Bertz CT molecular complexity index is 123. The van der Waals surface area contributed by atoms with Crippen LogP contribution < -0.4 is 0 Å². The zero-order chi connectivity index (χ0) is 16.1. The monoisotopic (exact) mass is 287 g/mol. The SMILES string of the molecule is CC.CC.CCCCCCCCN(CCC)CCCC. The summed E-state index contributed by atoms with van der Waals surface area (Å²) in [6.07, 6.45) is 12.5. The first-order valence-corrected chi connectivity index (χ1v) is 9.57. The molecule has 0 aromatic heterocycles. The highest BCUT2D eigenvalue weighted by Crippen LogP contribution is 2.06. The van der Waals surface area contributed by atoms with Gasteiger partial charge in [0.15, 0.2) is 0 Å². The third-order valence-corrected chi connectivity index (χ3v) is 3.20. The molecule has 20 heavy (non-hydrogen) atoms. The van der Waals surface area contributed by atoms with Crippen molar-refractivity contribution in [2.45, 2.75) is 106 Å². The Morgan fingerprint density at radius 1 is 0.450 bits per heavy atom. The Balaban J connectivity index is -0.000000656. The Kier molecular flexibility index (Phi) is 34.1. The van der Waals surface area contributed by atoms with Gasteiger partial charge < -0.3 is 4.90 Å². The molecule has 0 radical (unpaired) electrons. The van der Waals surface area contributed by atoms with Crippen LogP contribution in [0.5, 0.6) is 0 Å². The van der Waals surface area contributed by atoms with Crippen molar-refractivity contribution < 1.29 is 0 Å². The van der Waals surface area contributed by atoms with Crippen molar-refractivity contribution in [3.8, 4) is 0 Å². The lowest BCUT2D eigenvalue weighted by Crippen LogP contribution is -2.26. The molecule has 0 amide bonds. The lowest BCUT2D eigenvalue weighted by Gasteiger charge is -2.21. The van der Waals surface area contributed by atoms with Gasteiger partial charge >= 0.3 is 0 Å². The summed E-state index contributed by atoms with van der Waals surface area (Å²) in [5.41, 5.74) is 0. The van der Waals surface area contributed by atoms with Gasteiger partial charge in [0.05, 0.1) is 0 Å². The maximum Gasteiger partial charge on any atom is -0.00187 e. The Morgan fingerprint density at radius 2 is 0.900 bits per heavy atom. The topological polar surface area (TPSA) is 3.24 Å².